The first-order valence-corrected chi connectivity index (χ1v) is 9.47. The summed E-state index contributed by atoms with van der Waals surface area (Å²) in [4.78, 5) is 0.948. The number of aromatic nitrogens is 6. The third-order valence-corrected chi connectivity index (χ3v) is 5.44. The highest BCUT2D eigenvalue weighted by atomic mass is 32.2. The van der Waals surface area contributed by atoms with Crippen LogP contribution >= 0.6 is 23.1 Å². The summed E-state index contributed by atoms with van der Waals surface area (Å²) in [7, 11) is 1.63. The summed E-state index contributed by atoms with van der Waals surface area (Å²) in [6.07, 6.45) is 0. The quantitative estimate of drug-likeness (QED) is 0.464. The molecular formula is C16H14N6O2S2. The summed E-state index contributed by atoms with van der Waals surface area (Å²) < 4.78 is 12.6. The Bertz CT molecular complexity index is 981. The third kappa shape index (κ3) is 3.33. The Morgan fingerprint density at radius 2 is 2.00 bits per heavy atom. The van der Waals surface area contributed by atoms with Crippen LogP contribution < -0.4 is 4.74 Å². The van der Waals surface area contributed by atoms with Gasteiger partial charge >= 0.3 is 0 Å². The zero-order chi connectivity index (χ0) is 17.9. The van der Waals surface area contributed by atoms with Crippen molar-refractivity contribution in [3.8, 4) is 22.2 Å². The maximum atomic E-state index is 5.79. The van der Waals surface area contributed by atoms with Crippen LogP contribution in [0, 0.1) is 0 Å². The van der Waals surface area contributed by atoms with Crippen LogP contribution in [0.2, 0.25) is 0 Å². The lowest BCUT2D eigenvalue weighted by atomic mass is 10.3. The molecule has 1 atom stereocenters. The predicted molar refractivity (Wildman–Crippen MR) is 97.6 cm³/mol. The monoisotopic (exact) mass is 386 g/mol. The summed E-state index contributed by atoms with van der Waals surface area (Å²) in [5, 5.41) is 22.7. The molecular weight excluding hydrogens is 372 g/mol. The molecule has 132 valence electrons. The highest BCUT2D eigenvalue weighted by Gasteiger charge is 2.20. The smallest absolute Gasteiger partial charge is 0.257 e. The van der Waals surface area contributed by atoms with E-state index in [2.05, 4.69) is 25.7 Å². The summed E-state index contributed by atoms with van der Waals surface area (Å²) in [5.41, 5.74) is 0.843. The molecule has 0 amide bonds. The van der Waals surface area contributed by atoms with Crippen LogP contribution in [0.3, 0.4) is 0 Å². The molecule has 0 aliphatic rings. The van der Waals surface area contributed by atoms with Crippen molar-refractivity contribution in [1.82, 2.24) is 30.4 Å². The number of hydrogen-bond donors (Lipinski definition) is 0. The van der Waals surface area contributed by atoms with Crippen molar-refractivity contribution in [2.45, 2.75) is 17.3 Å². The van der Waals surface area contributed by atoms with Gasteiger partial charge in [-0.1, -0.05) is 17.8 Å². The van der Waals surface area contributed by atoms with E-state index in [0.29, 0.717) is 16.9 Å². The van der Waals surface area contributed by atoms with Gasteiger partial charge in [-0.15, -0.1) is 26.6 Å². The molecule has 0 radical (unpaired) electrons. The predicted octanol–water partition coefficient (Wildman–Crippen LogP) is 3.64. The lowest BCUT2D eigenvalue weighted by molar-refractivity contribution is 0.414. The van der Waals surface area contributed by atoms with E-state index in [0.717, 1.165) is 16.3 Å². The Morgan fingerprint density at radius 1 is 1.15 bits per heavy atom. The van der Waals surface area contributed by atoms with Gasteiger partial charge in [0.05, 0.1) is 22.9 Å². The van der Waals surface area contributed by atoms with E-state index in [1.54, 1.807) is 23.1 Å². The van der Waals surface area contributed by atoms with Gasteiger partial charge in [0, 0.05) is 0 Å². The highest BCUT2D eigenvalue weighted by Crippen LogP contribution is 2.35. The van der Waals surface area contributed by atoms with E-state index in [4.69, 9.17) is 9.15 Å². The fourth-order valence-electron chi connectivity index (χ4n) is 2.25. The molecule has 1 aromatic carbocycles. The minimum absolute atomic E-state index is 0.0980. The number of thiophene rings is 1. The first-order valence-electron chi connectivity index (χ1n) is 7.71. The average molecular weight is 386 g/mol. The van der Waals surface area contributed by atoms with E-state index < -0.39 is 0 Å². The Labute approximate surface area is 157 Å². The first kappa shape index (κ1) is 16.7. The van der Waals surface area contributed by atoms with E-state index in [1.807, 2.05) is 48.7 Å². The number of benzene rings is 1. The molecule has 0 saturated heterocycles. The summed E-state index contributed by atoms with van der Waals surface area (Å²) in [5.74, 6) is 1.83. The summed E-state index contributed by atoms with van der Waals surface area (Å²) in [6, 6.07) is 11.4. The molecule has 0 bridgehead atoms. The first-order chi connectivity index (χ1) is 12.7. The fraction of sp³-hybridized carbons (Fsp3) is 0.188. The fourth-order valence-corrected chi connectivity index (χ4v) is 3.73. The van der Waals surface area contributed by atoms with Gasteiger partial charge < -0.3 is 9.15 Å². The number of rotatable bonds is 6. The Morgan fingerprint density at radius 3 is 2.73 bits per heavy atom. The van der Waals surface area contributed by atoms with Crippen molar-refractivity contribution in [3.05, 3.63) is 47.7 Å². The largest absolute Gasteiger partial charge is 0.497 e. The molecule has 0 unspecified atom stereocenters. The van der Waals surface area contributed by atoms with Crippen molar-refractivity contribution in [3.63, 3.8) is 0 Å². The number of tetrazole rings is 1. The van der Waals surface area contributed by atoms with Gasteiger partial charge in [-0.05, 0) is 53.1 Å². The number of ether oxygens (including phenoxy) is 1. The highest BCUT2D eigenvalue weighted by molar-refractivity contribution is 7.99. The Balaban J connectivity index is 1.53. The second-order valence-electron chi connectivity index (χ2n) is 5.25. The van der Waals surface area contributed by atoms with Crippen molar-refractivity contribution < 1.29 is 9.15 Å². The molecule has 3 heterocycles. The van der Waals surface area contributed by atoms with Gasteiger partial charge in [-0.2, -0.15) is 4.68 Å². The van der Waals surface area contributed by atoms with Crippen LogP contribution in [0.4, 0.5) is 0 Å². The summed E-state index contributed by atoms with van der Waals surface area (Å²) in [6.45, 7) is 1.98. The van der Waals surface area contributed by atoms with Gasteiger partial charge in [-0.25, -0.2) is 0 Å². The molecule has 8 nitrogen and oxygen atoms in total. The SMILES string of the molecule is COc1ccc(-n2nnnc2S[C@@H](C)c2nnc(-c3cccs3)o2)cc1. The van der Waals surface area contributed by atoms with Crippen molar-refractivity contribution >= 4 is 23.1 Å². The van der Waals surface area contributed by atoms with Gasteiger partial charge in [0.2, 0.25) is 11.0 Å². The van der Waals surface area contributed by atoms with Crippen molar-refractivity contribution in [2.24, 2.45) is 0 Å². The van der Waals surface area contributed by atoms with Crippen LogP contribution in [-0.2, 0) is 0 Å². The van der Waals surface area contributed by atoms with Crippen molar-refractivity contribution in [2.75, 3.05) is 7.11 Å². The van der Waals surface area contributed by atoms with E-state index in [9.17, 15) is 0 Å². The Hall–Kier alpha value is -2.72. The van der Waals surface area contributed by atoms with Gasteiger partial charge in [0.15, 0.2) is 0 Å². The standard InChI is InChI=1S/C16H14N6O2S2/c1-10(14-17-18-15(24-14)13-4-3-9-25-13)26-16-19-20-21-22(16)11-5-7-12(23-2)8-6-11/h3-10H,1-2H3/t10-/m0/s1. The van der Waals surface area contributed by atoms with Crippen LogP contribution in [0.15, 0.2) is 51.4 Å². The minimum Gasteiger partial charge on any atom is -0.497 e. The van der Waals surface area contributed by atoms with E-state index >= 15 is 0 Å². The lowest BCUT2D eigenvalue weighted by Gasteiger charge is -2.07. The second kappa shape index (κ2) is 7.26. The molecule has 3 aromatic heterocycles. The molecule has 0 aliphatic heterocycles. The van der Waals surface area contributed by atoms with E-state index in [1.165, 1.54) is 11.8 Å². The van der Waals surface area contributed by atoms with Crippen LogP contribution in [-0.4, -0.2) is 37.5 Å². The molecule has 10 heteroatoms. The normalized spacial score (nSPS) is 12.2. The molecule has 4 rings (SSSR count). The average Bonchev–Trinajstić information content (AvgIpc) is 3.42. The van der Waals surface area contributed by atoms with Gasteiger partial charge in [-0.3, -0.25) is 0 Å². The number of hydrogen-bond acceptors (Lipinski definition) is 9. The van der Waals surface area contributed by atoms with Crippen LogP contribution in [0.5, 0.6) is 5.75 Å². The zero-order valence-electron chi connectivity index (χ0n) is 13.9. The molecule has 0 fully saturated rings. The van der Waals surface area contributed by atoms with Gasteiger partial charge in [0.1, 0.15) is 5.75 Å². The number of thioether (sulfide) groups is 1. The van der Waals surface area contributed by atoms with Gasteiger partial charge in [0.25, 0.3) is 5.89 Å². The minimum atomic E-state index is -0.0980. The van der Waals surface area contributed by atoms with E-state index in [-0.39, 0.29) is 5.25 Å². The van der Waals surface area contributed by atoms with Crippen LogP contribution in [0.1, 0.15) is 18.1 Å². The molecule has 4 aromatic rings. The Kier molecular flexibility index (Phi) is 4.67. The second-order valence-corrected chi connectivity index (χ2v) is 7.51. The van der Waals surface area contributed by atoms with Crippen molar-refractivity contribution in [1.29, 1.82) is 0 Å². The lowest BCUT2D eigenvalue weighted by Crippen LogP contribution is -2.00. The topological polar surface area (TPSA) is 91.8 Å². The molecule has 26 heavy (non-hydrogen) atoms. The third-order valence-electron chi connectivity index (χ3n) is 3.56. The van der Waals surface area contributed by atoms with Crippen LogP contribution in [0.25, 0.3) is 16.5 Å². The molecule has 0 aliphatic carbocycles. The maximum absolute atomic E-state index is 5.79. The molecule has 0 saturated carbocycles. The zero-order valence-corrected chi connectivity index (χ0v) is 15.6. The molecule has 0 spiro atoms. The maximum Gasteiger partial charge on any atom is 0.257 e. The molecule has 0 N–H and O–H groups in total. The summed E-state index contributed by atoms with van der Waals surface area (Å²) >= 11 is 3.01. The number of methoxy groups -OCH3 is 1. The number of nitrogens with zero attached hydrogens (tertiary/aromatic N) is 6.